The summed E-state index contributed by atoms with van der Waals surface area (Å²) in [7, 11) is 0. The highest BCUT2D eigenvalue weighted by atomic mass is 16.8. The lowest BCUT2D eigenvalue weighted by Crippen LogP contribution is -2.73. The summed E-state index contributed by atoms with van der Waals surface area (Å²) in [5, 5.41) is 0. The molecule has 2 aromatic carbocycles. The summed E-state index contributed by atoms with van der Waals surface area (Å²) in [6.07, 6.45) is -0.593. The van der Waals surface area contributed by atoms with E-state index in [-0.39, 0.29) is 30.5 Å². The molecule has 0 spiro atoms. The van der Waals surface area contributed by atoms with Gasteiger partial charge >= 0.3 is 5.97 Å². The second-order valence-electron chi connectivity index (χ2n) is 8.54. The third-order valence-electron chi connectivity index (χ3n) is 6.21. The molecule has 5 unspecified atom stereocenters. The van der Waals surface area contributed by atoms with Gasteiger partial charge in [0.2, 0.25) is 0 Å². The van der Waals surface area contributed by atoms with E-state index in [1.807, 2.05) is 62.4 Å². The second-order valence-corrected chi connectivity index (χ2v) is 8.54. The van der Waals surface area contributed by atoms with Crippen molar-refractivity contribution in [2.24, 2.45) is 11.8 Å². The number of benzene rings is 2. The Morgan fingerprint density at radius 2 is 1.70 bits per heavy atom. The van der Waals surface area contributed by atoms with E-state index in [1.54, 1.807) is 12.1 Å². The molecule has 2 aliphatic heterocycles. The Morgan fingerprint density at radius 1 is 1.00 bits per heavy atom. The van der Waals surface area contributed by atoms with Gasteiger partial charge in [-0.1, -0.05) is 48.5 Å². The SMILES string of the molecule is CC1(C)OCC2C(O1)C1C(OC(=O)c3ccccc3)COC21OCc1ccccc1. The van der Waals surface area contributed by atoms with Crippen molar-refractivity contribution >= 4 is 5.97 Å². The van der Waals surface area contributed by atoms with E-state index in [0.29, 0.717) is 18.8 Å². The van der Waals surface area contributed by atoms with Gasteiger partial charge in [-0.05, 0) is 31.5 Å². The van der Waals surface area contributed by atoms with E-state index in [4.69, 9.17) is 23.7 Å². The van der Waals surface area contributed by atoms with Crippen LogP contribution in [0.25, 0.3) is 0 Å². The minimum Gasteiger partial charge on any atom is -0.456 e. The fourth-order valence-corrected chi connectivity index (χ4v) is 4.75. The third-order valence-corrected chi connectivity index (χ3v) is 6.21. The zero-order valence-corrected chi connectivity index (χ0v) is 17.2. The van der Waals surface area contributed by atoms with Gasteiger partial charge in [-0.2, -0.15) is 0 Å². The zero-order valence-electron chi connectivity index (χ0n) is 17.2. The molecule has 2 heterocycles. The molecule has 3 aliphatic rings. The van der Waals surface area contributed by atoms with Gasteiger partial charge in [0.1, 0.15) is 6.10 Å². The van der Waals surface area contributed by atoms with E-state index < -0.39 is 17.7 Å². The summed E-state index contributed by atoms with van der Waals surface area (Å²) < 4.78 is 30.5. The first-order chi connectivity index (χ1) is 14.5. The van der Waals surface area contributed by atoms with Gasteiger partial charge in [-0.3, -0.25) is 0 Å². The lowest BCUT2D eigenvalue weighted by molar-refractivity contribution is -0.431. The number of rotatable bonds is 5. The number of ether oxygens (including phenoxy) is 5. The smallest absolute Gasteiger partial charge is 0.338 e. The van der Waals surface area contributed by atoms with Crippen molar-refractivity contribution in [3.63, 3.8) is 0 Å². The molecule has 5 rings (SSSR count). The Balaban J connectivity index is 1.36. The van der Waals surface area contributed by atoms with Gasteiger partial charge in [0.15, 0.2) is 11.6 Å². The number of hydrogen-bond donors (Lipinski definition) is 0. The summed E-state index contributed by atoms with van der Waals surface area (Å²) >= 11 is 0. The van der Waals surface area contributed by atoms with Crippen LogP contribution in [0.4, 0.5) is 0 Å². The Bertz CT molecular complexity index is 898. The highest BCUT2D eigenvalue weighted by Gasteiger charge is 2.74. The first kappa shape index (κ1) is 19.7. The van der Waals surface area contributed by atoms with Crippen LogP contribution in [-0.4, -0.2) is 43.0 Å². The molecule has 2 aromatic rings. The normalized spacial score (nSPS) is 33.8. The molecule has 0 N–H and O–H groups in total. The van der Waals surface area contributed by atoms with Crippen LogP contribution in [0.3, 0.4) is 0 Å². The largest absolute Gasteiger partial charge is 0.456 e. The van der Waals surface area contributed by atoms with Gasteiger partial charge in [0.05, 0.1) is 43.3 Å². The highest BCUT2D eigenvalue weighted by Crippen LogP contribution is 2.58. The van der Waals surface area contributed by atoms with E-state index in [2.05, 4.69) is 0 Å². The number of carbonyl (C=O) groups is 1. The summed E-state index contributed by atoms with van der Waals surface area (Å²) in [5.74, 6) is -2.21. The minimum atomic E-state index is -0.876. The van der Waals surface area contributed by atoms with Gasteiger partial charge in [0.25, 0.3) is 0 Å². The molecule has 1 aliphatic carbocycles. The Hall–Kier alpha value is -2.25. The van der Waals surface area contributed by atoms with E-state index in [9.17, 15) is 4.79 Å². The fourth-order valence-electron chi connectivity index (χ4n) is 4.75. The maximum Gasteiger partial charge on any atom is 0.338 e. The molecule has 158 valence electrons. The fraction of sp³-hybridized carbons (Fsp3) is 0.458. The van der Waals surface area contributed by atoms with Crippen LogP contribution in [0, 0.1) is 11.8 Å². The van der Waals surface area contributed by atoms with Gasteiger partial charge in [-0.15, -0.1) is 0 Å². The van der Waals surface area contributed by atoms with Gasteiger partial charge in [0, 0.05) is 0 Å². The van der Waals surface area contributed by atoms with Crippen molar-refractivity contribution < 1.29 is 28.5 Å². The van der Waals surface area contributed by atoms with Gasteiger partial charge < -0.3 is 23.7 Å². The highest BCUT2D eigenvalue weighted by molar-refractivity contribution is 5.89. The van der Waals surface area contributed by atoms with Crippen LogP contribution in [0.15, 0.2) is 60.7 Å². The lowest BCUT2D eigenvalue weighted by atomic mass is 9.64. The topological polar surface area (TPSA) is 63.2 Å². The zero-order chi connectivity index (χ0) is 20.8. The van der Waals surface area contributed by atoms with E-state index >= 15 is 0 Å². The predicted octanol–water partition coefficient (Wildman–Crippen LogP) is 3.55. The average Bonchev–Trinajstić information content (AvgIpc) is 3.06. The molecule has 0 amide bonds. The summed E-state index contributed by atoms with van der Waals surface area (Å²) in [5.41, 5.74) is 1.57. The lowest BCUT2D eigenvalue weighted by Gasteiger charge is -2.60. The van der Waals surface area contributed by atoms with Crippen LogP contribution >= 0.6 is 0 Å². The summed E-state index contributed by atoms with van der Waals surface area (Å²) in [6, 6.07) is 19.0. The monoisotopic (exact) mass is 410 g/mol. The van der Waals surface area contributed by atoms with Crippen molar-refractivity contribution in [1.29, 1.82) is 0 Å². The average molecular weight is 410 g/mol. The molecule has 6 nitrogen and oxygen atoms in total. The van der Waals surface area contributed by atoms with Crippen molar-refractivity contribution in [3.8, 4) is 0 Å². The number of hydrogen-bond acceptors (Lipinski definition) is 6. The molecule has 5 atom stereocenters. The molecular formula is C24H26O6. The molecule has 3 fully saturated rings. The van der Waals surface area contributed by atoms with Crippen molar-refractivity contribution in [3.05, 3.63) is 71.8 Å². The molecule has 30 heavy (non-hydrogen) atoms. The number of fused-ring (bicyclic) bond motifs is 4. The van der Waals surface area contributed by atoms with Crippen LogP contribution in [0.5, 0.6) is 0 Å². The Labute approximate surface area is 176 Å². The maximum absolute atomic E-state index is 12.7. The Morgan fingerprint density at radius 3 is 2.43 bits per heavy atom. The maximum atomic E-state index is 12.7. The van der Waals surface area contributed by atoms with E-state index in [0.717, 1.165) is 5.56 Å². The quantitative estimate of drug-likeness (QED) is 0.703. The second kappa shape index (κ2) is 7.46. The van der Waals surface area contributed by atoms with Crippen molar-refractivity contribution in [1.82, 2.24) is 0 Å². The molecule has 2 saturated heterocycles. The first-order valence-corrected chi connectivity index (χ1v) is 10.4. The van der Waals surface area contributed by atoms with Crippen LogP contribution < -0.4 is 0 Å². The van der Waals surface area contributed by atoms with Crippen LogP contribution in [0.1, 0.15) is 29.8 Å². The standard InChI is InChI=1S/C24H26O6/c1-23(2)26-14-18-21(30-23)20-19(29-22(25)17-11-7-4-8-12-17)15-28-24(18,20)27-13-16-9-5-3-6-10-16/h3-12,18-21H,13-15H2,1-2H3. The molecule has 6 heteroatoms. The van der Waals surface area contributed by atoms with Crippen molar-refractivity contribution in [2.45, 2.75) is 44.2 Å². The first-order valence-electron chi connectivity index (χ1n) is 10.4. The minimum absolute atomic E-state index is 0.0698. The van der Waals surface area contributed by atoms with Crippen LogP contribution in [0.2, 0.25) is 0 Å². The van der Waals surface area contributed by atoms with Crippen LogP contribution in [-0.2, 0) is 30.3 Å². The molecule has 1 saturated carbocycles. The predicted molar refractivity (Wildman–Crippen MR) is 107 cm³/mol. The molecule has 0 radical (unpaired) electrons. The Kier molecular flexibility index (Phi) is 4.90. The molecule has 0 aromatic heterocycles. The van der Waals surface area contributed by atoms with E-state index in [1.165, 1.54) is 0 Å². The molecular weight excluding hydrogens is 384 g/mol. The number of carbonyl (C=O) groups excluding carboxylic acids is 1. The summed E-state index contributed by atoms with van der Waals surface area (Å²) in [4.78, 5) is 12.7. The van der Waals surface area contributed by atoms with Gasteiger partial charge in [-0.25, -0.2) is 4.79 Å². The summed E-state index contributed by atoms with van der Waals surface area (Å²) in [6.45, 7) is 4.95. The number of esters is 1. The van der Waals surface area contributed by atoms with Crippen molar-refractivity contribution in [2.75, 3.05) is 13.2 Å². The molecule has 0 bridgehead atoms. The third kappa shape index (κ3) is 3.34.